The van der Waals surface area contributed by atoms with Gasteiger partial charge in [-0.05, 0) is 24.1 Å². The lowest BCUT2D eigenvalue weighted by atomic mass is 10.1. The molecule has 1 amide bonds. The van der Waals surface area contributed by atoms with Crippen molar-refractivity contribution in [3.8, 4) is 0 Å². The van der Waals surface area contributed by atoms with E-state index in [0.717, 1.165) is 40.6 Å². The third-order valence-corrected chi connectivity index (χ3v) is 7.01. The second-order valence-electron chi connectivity index (χ2n) is 7.33. The van der Waals surface area contributed by atoms with Crippen molar-refractivity contribution in [2.75, 3.05) is 35.7 Å². The lowest BCUT2D eigenvalue weighted by Gasteiger charge is -2.15. The Labute approximate surface area is 192 Å². The Morgan fingerprint density at radius 3 is 2.81 bits per heavy atom. The highest BCUT2D eigenvalue weighted by Crippen LogP contribution is 2.31. The predicted octanol–water partition coefficient (Wildman–Crippen LogP) is 3.56. The van der Waals surface area contributed by atoms with Crippen molar-refractivity contribution in [3.63, 3.8) is 0 Å². The molecule has 0 radical (unpaired) electrons. The lowest BCUT2D eigenvalue weighted by molar-refractivity contribution is -0.126. The predicted molar refractivity (Wildman–Crippen MR) is 126 cm³/mol. The van der Waals surface area contributed by atoms with Crippen LogP contribution in [0.4, 0.5) is 15.4 Å². The van der Waals surface area contributed by atoms with E-state index in [1.165, 1.54) is 18.4 Å². The van der Waals surface area contributed by atoms with Crippen molar-refractivity contribution in [1.29, 1.82) is 0 Å². The van der Waals surface area contributed by atoms with Gasteiger partial charge in [-0.3, -0.25) is 10.1 Å². The molecule has 1 aliphatic heterocycles. The molecule has 4 aromatic rings. The number of ether oxygens (including phenoxy) is 1. The van der Waals surface area contributed by atoms with E-state index in [-0.39, 0.29) is 11.9 Å². The van der Waals surface area contributed by atoms with Gasteiger partial charge in [0.05, 0.1) is 4.70 Å². The SMILES string of the molecule is CO[C@@H](C(=O)Nc1nnc(N[C@@H]2CCN(c3nc4ncccc4s3)C2)s1)c1ccccc1. The summed E-state index contributed by atoms with van der Waals surface area (Å²) < 4.78 is 6.47. The van der Waals surface area contributed by atoms with Gasteiger partial charge in [0.1, 0.15) is 0 Å². The van der Waals surface area contributed by atoms with Crippen molar-refractivity contribution in [2.24, 2.45) is 0 Å². The maximum atomic E-state index is 12.6. The Morgan fingerprint density at radius 2 is 2.00 bits per heavy atom. The number of rotatable bonds is 7. The van der Waals surface area contributed by atoms with Gasteiger partial charge in [0.15, 0.2) is 16.9 Å². The van der Waals surface area contributed by atoms with Crippen LogP contribution in [-0.2, 0) is 9.53 Å². The number of pyridine rings is 1. The summed E-state index contributed by atoms with van der Waals surface area (Å²) in [4.78, 5) is 23.9. The fourth-order valence-electron chi connectivity index (χ4n) is 3.64. The summed E-state index contributed by atoms with van der Waals surface area (Å²) in [5.41, 5.74) is 1.57. The standard InChI is InChI=1S/C21H21N7O2S2/c1-30-16(13-6-3-2-4-7-13)18(29)25-20-27-26-19(32-20)23-14-9-11-28(12-14)21-24-17-15(31-21)8-5-10-22-17/h2-8,10,14,16H,9,11-12H2,1H3,(H,23,26)(H,25,27,29)/t14-,16-/m1/s1. The number of amides is 1. The van der Waals surface area contributed by atoms with Crippen molar-refractivity contribution in [3.05, 3.63) is 54.2 Å². The first-order chi connectivity index (χ1) is 15.7. The van der Waals surface area contributed by atoms with Crippen LogP contribution in [0.1, 0.15) is 18.1 Å². The Bertz CT molecular complexity index is 1180. The summed E-state index contributed by atoms with van der Waals surface area (Å²) >= 11 is 2.97. The van der Waals surface area contributed by atoms with Gasteiger partial charge in [-0.1, -0.05) is 53.0 Å². The molecule has 9 nitrogen and oxygen atoms in total. The summed E-state index contributed by atoms with van der Waals surface area (Å²) in [5, 5.41) is 16.6. The van der Waals surface area contributed by atoms with Crippen molar-refractivity contribution >= 4 is 54.3 Å². The number of nitrogens with zero attached hydrogens (tertiary/aromatic N) is 5. The molecule has 32 heavy (non-hydrogen) atoms. The Kier molecular flexibility index (Phi) is 5.93. The van der Waals surface area contributed by atoms with E-state index in [1.54, 1.807) is 17.5 Å². The van der Waals surface area contributed by atoms with Gasteiger partial charge in [-0.15, -0.1) is 10.2 Å². The molecule has 0 saturated carbocycles. The van der Waals surface area contributed by atoms with E-state index < -0.39 is 6.10 Å². The normalized spacial score (nSPS) is 16.9. The fourth-order valence-corrected chi connectivity index (χ4v) is 5.33. The maximum absolute atomic E-state index is 12.6. The average Bonchev–Trinajstić information content (AvgIpc) is 3.55. The molecule has 5 rings (SSSR count). The number of carbonyl (C=O) groups is 1. The minimum absolute atomic E-state index is 0.225. The Hall–Kier alpha value is -3.15. The van der Waals surface area contributed by atoms with E-state index in [9.17, 15) is 4.79 Å². The molecule has 1 fully saturated rings. The lowest BCUT2D eigenvalue weighted by Crippen LogP contribution is -2.25. The fraction of sp³-hybridized carbons (Fsp3) is 0.286. The third kappa shape index (κ3) is 4.40. The van der Waals surface area contributed by atoms with Crippen LogP contribution in [0, 0.1) is 0 Å². The molecule has 2 N–H and O–H groups in total. The number of hydrogen-bond acceptors (Lipinski definition) is 10. The molecule has 0 aliphatic carbocycles. The van der Waals surface area contributed by atoms with Crippen LogP contribution in [0.2, 0.25) is 0 Å². The quantitative estimate of drug-likeness (QED) is 0.425. The van der Waals surface area contributed by atoms with Crippen LogP contribution in [-0.4, -0.2) is 52.3 Å². The summed E-state index contributed by atoms with van der Waals surface area (Å²) in [6.45, 7) is 1.73. The molecule has 0 bridgehead atoms. The molecule has 11 heteroatoms. The van der Waals surface area contributed by atoms with Gasteiger partial charge in [-0.25, -0.2) is 4.98 Å². The summed E-state index contributed by atoms with van der Waals surface area (Å²) in [5.74, 6) is -0.280. The molecule has 3 aromatic heterocycles. The van der Waals surface area contributed by atoms with Crippen LogP contribution >= 0.6 is 22.7 Å². The molecule has 2 atom stereocenters. The van der Waals surface area contributed by atoms with Crippen LogP contribution in [0.15, 0.2) is 48.7 Å². The van der Waals surface area contributed by atoms with Crippen molar-refractivity contribution < 1.29 is 9.53 Å². The first kappa shape index (κ1) is 20.7. The van der Waals surface area contributed by atoms with E-state index >= 15 is 0 Å². The summed E-state index contributed by atoms with van der Waals surface area (Å²) in [6, 6.07) is 13.5. The summed E-state index contributed by atoms with van der Waals surface area (Å²) in [7, 11) is 1.51. The van der Waals surface area contributed by atoms with Crippen LogP contribution in [0.5, 0.6) is 0 Å². The smallest absolute Gasteiger partial charge is 0.259 e. The Balaban J connectivity index is 1.19. The minimum atomic E-state index is -0.705. The van der Waals surface area contributed by atoms with Gasteiger partial charge in [0.2, 0.25) is 10.3 Å². The zero-order valence-electron chi connectivity index (χ0n) is 17.3. The average molecular weight is 468 g/mol. The molecule has 0 spiro atoms. The third-order valence-electron chi connectivity index (χ3n) is 5.17. The second kappa shape index (κ2) is 9.15. The minimum Gasteiger partial charge on any atom is -0.367 e. The molecule has 0 unspecified atom stereocenters. The first-order valence-electron chi connectivity index (χ1n) is 10.1. The van der Waals surface area contributed by atoms with Crippen LogP contribution in [0.25, 0.3) is 10.3 Å². The van der Waals surface area contributed by atoms with E-state index in [2.05, 4.69) is 35.7 Å². The van der Waals surface area contributed by atoms with Gasteiger partial charge in [-0.2, -0.15) is 4.98 Å². The zero-order valence-corrected chi connectivity index (χ0v) is 18.9. The molecule has 164 valence electrons. The van der Waals surface area contributed by atoms with Gasteiger partial charge in [0, 0.05) is 32.4 Å². The van der Waals surface area contributed by atoms with E-state index in [0.29, 0.717) is 10.3 Å². The van der Waals surface area contributed by atoms with Gasteiger partial charge < -0.3 is 15.0 Å². The largest absolute Gasteiger partial charge is 0.367 e. The number of carbonyl (C=O) groups excluding carboxylic acids is 1. The van der Waals surface area contributed by atoms with E-state index in [1.807, 2.05) is 42.5 Å². The second-order valence-corrected chi connectivity index (χ2v) is 9.31. The monoisotopic (exact) mass is 467 g/mol. The molecular formula is C21H21N7O2S2. The number of aromatic nitrogens is 4. The molecule has 1 aliphatic rings. The van der Waals surface area contributed by atoms with Gasteiger partial charge in [0.25, 0.3) is 5.91 Å². The number of benzene rings is 1. The molecular weight excluding hydrogens is 446 g/mol. The Morgan fingerprint density at radius 1 is 1.16 bits per heavy atom. The maximum Gasteiger partial charge on any atom is 0.259 e. The number of thiazole rings is 1. The van der Waals surface area contributed by atoms with Gasteiger partial charge >= 0.3 is 0 Å². The first-order valence-corrected chi connectivity index (χ1v) is 11.8. The molecule has 1 aromatic carbocycles. The number of nitrogens with one attached hydrogen (secondary N) is 2. The zero-order chi connectivity index (χ0) is 21.9. The molecule has 4 heterocycles. The highest BCUT2D eigenvalue weighted by Gasteiger charge is 2.26. The van der Waals surface area contributed by atoms with Crippen molar-refractivity contribution in [2.45, 2.75) is 18.6 Å². The van der Waals surface area contributed by atoms with Crippen LogP contribution in [0.3, 0.4) is 0 Å². The summed E-state index contributed by atoms with van der Waals surface area (Å²) in [6.07, 6.45) is 2.02. The van der Waals surface area contributed by atoms with Crippen molar-refractivity contribution in [1.82, 2.24) is 20.2 Å². The topological polar surface area (TPSA) is 105 Å². The molecule has 1 saturated heterocycles. The highest BCUT2D eigenvalue weighted by atomic mass is 32.1. The number of anilines is 3. The number of methoxy groups -OCH3 is 1. The number of fused-ring (bicyclic) bond motifs is 1. The van der Waals surface area contributed by atoms with E-state index in [4.69, 9.17) is 4.74 Å². The number of hydrogen-bond donors (Lipinski definition) is 2. The highest BCUT2D eigenvalue weighted by molar-refractivity contribution is 7.22. The van der Waals surface area contributed by atoms with Crippen LogP contribution < -0.4 is 15.5 Å².